The molecular weight excluding hydrogens is 220 g/mol. The Kier molecular flexibility index (Phi) is 4.39. The number of benzene rings is 1. The molecule has 0 atom stereocenters. The fraction of sp³-hybridized carbons (Fsp3) is 0.250. The minimum Gasteiger partial charge on any atom is -0.510 e. The second kappa shape index (κ2) is 5.79. The molecule has 0 heterocycles. The summed E-state index contributed by atoms with van der Waals surface area (Å²) in [6.45, 7) is 2.71. The Hall–Kier alpha value is -2.17. The van der Waals surface area contributed by atoms with Crippen LogP contribution in [0.3, 0.4) is 0 Å². The van der Waals surface area contributed by atoms with Gasteiger partial charge >= 0.3 is 0 Å². The van der Waals surface area contributed by atoms with Crippen LogP contribution in [0, 0.1) is 0 Å². The monoisotopic (exact) mass is 234 g/mol. The summed E-state index contributed by atoms with van der Waals surface area (Å²) in [6, 6.07) is 6.93. The van der Waals surface area contributed by atoms with Gasteiger partial charge < -0.3 is 9.84 Å². The average molecular weight is 234 g/mol. The molecule has 90 valence electrons. The summed E-state index contributed by atoms with van der Waals surface area (Å²) >= 11 is 0. The Morgan fingerprint density at radius 3 is 2.59 bits per heavy atom. The third-order valence-corrected chi connectivity index (χ3v) is 1.99. The number of nitrogens with zero attached hydrogens (tertiary/aromatic N) is 2. The Balaban J connectivity index is 2.97. The standard InChI is InChI=1S/C12H14N2O3/c1-8(15)12(9(2)16)14-13-10-5-4-6-11(7-10)17-3/h4-7,15H,1-3H3/b12-8+,14-13?. The highest BCUT2D eigenvalue weighted by molar-refractivity contribution is 5.93. The Morgan fingerprint density at radius 1 is 1.35 bits per heavy atom. The molecule has 1 rings (SSSR count). The lowest BCUT2D eigenvalue weighted by molar-refractivity contribution is -0.113. The van der Waals surface area contributed by atoms with Gasteiger partial charge in [0.1, 0.15) is 11.5 Å². The van der Waals surface area contributed by atoms with Gasteiger partial charge in [0.15, 0.2) is 11.5 Å². The quantitative estimate of drug-likeness (QED) is 0.494. The van der Waals surface area contributed by atoms with E-state index in [1.165, 1.54) is 13.8 Å². The Morgan fingerprint density at radius 2 is 2.06 bits per heavy atom. The largest absolute Gasteiger partial charge is 0.510 e. The van der Waals surface area contributed by atoms with Gasteiger partial charge in [0.05, 0.1) is 12.8 Å². The van der Waals surface area contributed by atoms with Crippen molar-refractivity contribution >= 4 is 11.5 Å². The van der Waals surface area contributed by atoms with Crippen LogP contribution in [0.1, 0.15) is 13.8 Å². The number of hydrogen-bond donors (Lipinski definition) is 1. The Labute approximate surface area is 99.4 Å². The van der Waals surface area contributed by atoms with E-state index in [1.54, 1.807) is 31.4 Å². The summed E-state index contributed by atoms with van der Waals surface area (Å²) in [6.07, 6.45) is 0. The van der Waals surface area contributed by atoms with Crippen molar-refractivity contribution in [3.05, 3.63) is 35.7 Å². The van der Waals surface area contributed by atoms with E-state index in [1.807, 2.05) is 0 Å². The first-order chi connectivity index (χ1) is 8.04. The van der Waals surface area contributed by atoms with E-state index in [0.717, 1.165) is 0 Å². The van der Waals surface area contributed by atoms with Crippen molar-refractivity contribution in [3.8, 4) is 5.75 Å². The summed E-state index contributed by atoms with van der Waals surface area (Å²) in [5, 5.41) is 16.8. The number of methoxy groups -OCH3 is 1. The number of rotatable bonds is 4. The van der Waals surface area contributed by atoms with Gasteiger partial charge in [-0.3, -0.25) is 4.79 Å². The van der Waals surface area contributed by atoms with Gasteiger partial charge in [-0.25, -0.2) is 0 Å². The van der Waals surface area contributed by atoms with E-state index in [0.29, 0.717) is 11.4 Å². The lowest BCUT2D eigenvalue weighted by Crippen LogP contribution is -1.96. The number of Topliss-reactive ketones (excluding diaryl/α,β-unsaturated/α-hetero) is 1. The molecule has 0 fully saturated rings. The molecule has 0 aliphatic carbocycles. The second-order valence-corrected chi connectivity index (χ2v) is 3.39. The van der Waals surface area contributed by atoms with E-state index >= 15 is 0 Å². The van der Waals surface area contributed by atoms with Crippen LogP contribution in [0.4, 0.5) is 5.69 Å². The van der Waals surface area contributed by atoms with Gasteiger partial charge in [0.25, 0.3) is 0 Å². The van der Waals surface area contributed by atoms with E-state index in [2.05, 4.69) is 10.2 Å². The number of azo groups is 1. The summed E-state index contributed by atoms with van der Waals surface area (Å²) < 4.78 is 5.03. The third-order valence-electron chi connectivity index (χ3n) is 1.99. The highest BCUT2D eigenvalue weighted by Crippen LogP contribution is 2.20. The lowest BCUT2D eigenvalue weighted by atomic mass is 10.3. The molecule has 1 aromatic rings. The first-order valence-corrected chi connectivity index (χ1v) is 5.01. The molecule has 0 aliphatic rings. The smallest absolute Gasteiger partial charge is 0.183 e. The molecule has 0 radical (unpaired) electrons. The average Bonchev–Trinajstić information content (AvgIpc) is 2.28. The van der Waals surface area contributed by atoms with E-state index < -0.39 is 0 Å². The zero-order chi connectivity index (χ0) is 12.8. The summed E-state index contributed by atoms with van der Waals surface area (Å²) in [7, 11) is 1.55. The number of ether oxygens (including phenoxy) is 1. The molecule has 0 bridgehead atoms. The van der Waals surface area contributed by atoms with Crippen LogP contribution in [-0.4, -0.2) is 18.0 Å². The molecule has 0 saturated carbocycles. The molecule has 5 nitrogen and oxygen atoms in total. The van der Waals surface area contributed by atoms with Crippen molar-refractivity contribution in [1.29, 1.82) is 0 Å². The SMILES string of the molecule is COc1cccc(N=N/C(C(C)=O)=C(\C)O)c1. The number of carbonyl (C=O) groups is 1. The molecular formula is C12H14N2O3. The van der Waals surface area contributed by atoms with E-state index in [-0.39, 0.29) is 17.2 Å². The first kappa shape index (κ1) is 12.9. The second-order valence-electron chi connectivity index (χ2n) is 3.39. The van der Waals surface area contributed by atoms with Gasteiger partial charge in [-0.2, -0.15) is 5.11 Å². The first-order valence-electron chi connectivity index (χ1n) is 5.01. The van der Waals surface area contributed by atoms with Crippen LogP contribution in [-0.2, 0) is 4.79 Å². The van der Waals surface area contributed by atoms with Crippen molar-refractivity contribution in [2.45, 2.75) is 13.8 Å². The van der Waals surface area contributed by atoms with Crippen molar-refractivity contribution in [1.82, 2.24) is 0 Å². The molecule has 0 spiro atoms. The zero-order valence-electron chi connectivity index (χ0n) is 9.97. The fourth-order valence-corrected chi connectivity index (χ4v) is 1.18. The maximum Gasteiger partial charge on any atom is 0.183 e. The number of carbonyl (C=O) groups excluding carboxylic acids is 1. The van der Waals surface area contributed by atoms with Crippen LogP contribution in [0.15, 0.2) is 46.0 Å². The van der Waals surface area contributed by atoms with Crippen LogP contribution >= 0.6 is 0 Å². The molecule has 0 amide bonds. The fourth-order valence-electron chi connectivity index (χ4n) is 1.18. The summed E-state index contributed by atoms with van der Waals surface area (Å²) in [4.78, 5) is 11.1. The number of aliphatic hydroxyl groups excluding tert-OH is 1. The van der Waals surface area contributed by atoms with Crippen molar-refractivity contribution < 1.29 is 14.6 Å². The molecule has 0 saturated heterocycles. The highest BCUT2D eigenvalue weighted by Gasteiger charge is 2.06. The van der Waals surface area contributed by atoms with Gasteiger partial charge in [-0.1, -0.05) is 6.07 Å². The predicted octanol–water partition coefficient (Wildman–Crippen LogP) is 3.16. The van der Waals surface area contributed by atoms with Crippen LogP contribution in [0.5, 0.6) is 5.75 Å². The van der Waals surface area contributed by atoms with Crippen LogP contribution in [0.25, 0.3) is 0 Å². The maximum absolute atomic E-state index is 11.1. The van der Waals surface area contributed by atoms with Gasteiger partial charge in [0.2, 0.25) is 0 Å². The van der Waals surface area contributed by atoms with Crippen LogP contribution < -0.4 is 4.74 Å². The molecule has 0 unspecified atom stereocenters. The van der Waals surface area contributed by atoms with Crippen molar-refractivity contribution in [2.75, 3.05) is 7.11 Å². The van der Waals surface area contributed by atoms with Crippen LogP contribution in [0.2, 0.25) is 0 Å². The molecule has 1 aromatic carbocycles. The summed E-state index contributed by atoms with van der Waals surface area (Å²) in [5.74, 6) is 0.163. The summed E-state index contributed by atoms with van der Waals surface area (Å²) in [5.41, 5.74) is 0.497. The van der Waals surface area contributed by atoms with E-state index in [4.69, 9.17) is 4.74 Å². The molecule has 5 heteroatoms. The zero-order valence-corrected chi connectivity index (χ0v) is 9.97. The lowest BCUT2D eigenvalue weighted by Gasteiger charge is -2.00. The number of allylic oxidation sites excluding steroid dienone is 2. The van der Waals surface area contributed by atoms with E-state index in [9.17, 15) is 9.90 Å². The minimum absolute atomic E-state index is 0.0483. The third kappa shape index (κ3) is 3.71. The topological polar surface area (TPSA) is 71.2 Å². The van der Waals surface area contributed by atoms with Gasteiger partial charge in [-0.05, 0) is 19.1 Å². The van der Waals surface area contributed by atoms with Crippen molar-refractivity contribution in [2.24, 2.45) is 10.2 Å². The molecule has 17 heavy (non-hydrogen) atoms. The molecule has 1 N–H and O–H groups in total. The van der Waals surface area contributed by atoms with Gasteiger partial charge in [0, 0.05) is 13.0 Å². The van der Waals surface area contributed by atoms with Crippen molar-refractivity contribution in [3.63, 3.8) is 0 Å². The number of ketones is 1. The van der Waals surface area contributed by atoms with Gasteiger partial charge in [-0.15, -0.1) is 5.11 Å². The molecule has 0 aromatic heterocycles. The Bertz CT molecular complexity index is 474. The highest BCUT2D eigenvalue weighted by atomic mass is 16.5. The normalized spacial score (nSPS) is 12.4. The minimum atomic E-state index is -0.336. The number of aliphatic hydroxyl groups is 1. The predicted molar refractivity (Wildman–Crippen MR) is 63.5 cm³/mol. The molecule has 0 aliphatic heterocycles. The maximum atomic E-state index is 11.1. The number of hydrogen-bond acceptors (Lipinski definition) is 5.